The molecule has 1 aromatic heterocycles. The molecule has 1 aliphatic heterocycles. The highest BCUT2D eigenvalue weighted by Gasteiger charge is 2.34. The van der Waals surface area contributed by atoms with Crippen molar-refractivity contribution in [2.75, 3.05) is 0 Å². The van der Waals surface area contributed by atoms with E-state index >= 15 is 0 Å². The number of hydrogen-bond acceptors (Lipinski definition) is 2. The fourth-order valence-electron chi connectivity index (χ4n) is 3.26. The summed E-state index contributed by atoms with van der Waals surface area (Å²) in [6, 6.07) is 7.17. The van der Waals surface area contributed by atoms with Crippen LogP contribution < -0.4 is 10.6 Å². The zero-order chi connectivity index (χ0) is 18.1. The SMILES string of the molecule is O=C1NC2=CC=C(NCc3cc(F)ccc3F)CC2/C1=C/c1ccc[nH]1. The molecule has 1 amide bonds. The molecule has 2 heterocycles. The van der Waals surface area contributed by atoms with E-state index in [4.69, 9.17) is 0 Å². The molecule has 4 rings (SSSR count). The molecule has 2 aliphatic rings. The Morgan fingerprint density at radius 1 is 1.23 bits per heavy atom. The molecule has 132 valence electrons. The second-order valence-electron chi connectivity index (χ2n) is 6.34. The molecule has 6 heteroatoms. The van der Waals surface area contributed by atoms with Gasteiger partial charge in [-0.1, -0.05) is 0 Å². The lowest BCUT2D eigenvalue weighted by atomic mass is 9.90. The Labute approximate surface area is 149 Å². The average molecular weight is 353 g/mol. The number of fused-ring (bicyclic) bond motifs is 1. The van der Waals surface area contributed by atoms with E-state index in [-0.39, 0.29) is 23.9 Å². The first kappa shape index (κ1) is 16.3. The fraction of sp³-hybridized carbons (Fsp3) is 0.150. The van der Waals surface area contributed by atoms with Crippen LogP contribution >= 0.6 is 0 Å². The van der Waals surface area contributed by atoms with Crippen molar-refractivity contribution in [3.8, 4) is 0 Å². The van der Waals surface area contributed by atoms with Gasteiger partial charge in [0.05, 0.1) is 0 Å². The summed E-state index contributed by atoms with van der Waals surface area (Å²) in [4.78, 5) is 15.3. The smallest absolute Gasteiger partial charge is 0.252 e. The number of benzene rings is 1. The molecule has 0 radical (unpaired) electrons. The Morgan fingerprint density at radius 3 is 2.92 bits per heavy atom. The molecule has 26 heavy (non-hydrogen) atoms. The first-order valence-electron chi connectivity index (χ1n) is 8.35. The van der Waals surface area contributed by atoms with Gasteiger partial charge in [-0.15, -0.1) is 0 Å². The van der Waals surface area contributed by atoms with Gasteiger partial charge >= 0.3 is 0 Å². The van der Waals surface area contributed by atoms with Crippen LogP contribution in [0.15, 0.2) is 65.6 Å². The van der Waals surface area contributed by atoms with Crippen molar-refractivity contribution in [3.05, 3.63) is 88.5 Å². The average Bonchev–Trinajstić information content (AvgIpc) is 3.24. The number of hydrogen-bond donors (Lipinski definition) is 3. The number of aromatic nitrogens is 1. The van der Waals surface area contributed by atoms with Gasteiger partial charge in [0.25, 0.3) is 5.91 Å². The predicted molar refractivity (Wildman–Crippen MR) is 94.4 cm³/mol. The van der Waals surface area contributed by atoms with Crippen LogP contribution in [-0.2, 0) is 11.3 Å². The van der Waals surface area contributed by atoms with Gasteiger partial charge in [0, 0.05) is 46.9 Å². The predicted octanol–water partition coefficient (Wildman–Crippen LogP) is 3.38. The van der Waals surface area contributed by atoms with Gasteiger partial charge in [0.1, 0.15) is 11.6 Å². The molecule has 4 nitrogen and oxygen atoms in total. The lowest BCUT2D eigenvalue weighted by molar-refractivity contribution is -0.115. The number of carbonyl (C=O) groups excluding carboxylic acids is 1. The van der Waals surface area contributed by atoms with Gasteiger partial charge in [0.15, 0.2) is 0 Å². The highest BCUT2D eigenvalue weighted by atomic mass is 19.1. The van der Waals surface area contributed by atoms with E-state index in [2.05, 4.69) is 15.6 Å². The third kappa shape index (κ3) is 3.18. The molecular weight excluding hydrogens is 336 g/mol. The van der Waals surface area contributed by atoms with E-state index in [0.717, 1.165) is 29.2 Å². The van der Waals surface area contributed by atoms with Crippen LogP contribution in [-0.4, -0.2) is 10.9 Å². The van der Waals surface area contributed by atoms with Gasteiger partial charge in [-0.05, 0) is 55.0 Å². The molecule has 1 unspecified atom stereocenters. The first-order chi connectivity index (χ1) is 12.6. The Kier molecular flexibility index (Phi) is 4.16. The van der Waals surface area contributed by atoms with Crippen molar-refractivity contribution < 1.29 is 13.6 Å². The highest BCUT2D eigenvalue weighted by Crippen LogP contribution is 2.35. The minimum atomic E-state index is -0.468. The summed E-state index contributed by atoms with van der Waals surface area (Å²) in [5, 5.41) is 6.04. The molecule has 1 atom stereocenters. The molecule has 0 saturated carbocycles. The van der Waals surface area contributed by atoms with Crippen LogP contribution in [0.3, 0.4) is 0 Å². The second-order valence-corrected chi connectivity index (χ2v) is 6.34. The lowest BCUT2D eigenvalue weighted by Crippen LogP contribution is -2.20. The number of rotatable bonds is 4. The van der Waals surface area contributed by atoms with Crippen molar-refractivity contribution >= 4 is 12.0 Å². The molecule has 1 fully saturated rings. The van der Waals surface area contributed by atoms with Crippen LogP contribution in [0.4, 0.5) is 8.78 Å². The fourth-order valence-corrected chi connectivity index (χ4v) is 3.26. The standard InChI is InChI=1S/C20H17F2N3O/c21-13-3-5-18(22)12(8-13)11-24-15-4-6-19-16(9-15)17(20(26)25-19)10-14-2-1-7-23-14/h1-8,10,16,23-24H,9,11H2,(H,25,26)/b17-10-. The van der Waals surface area contributed by atoms with Crippen molar-refractivity contribution in [2.24, 2.45) is 5.92 Å². The summed E-state index contributed by atoms with van der Waals surface area (Å²) in [5.41, 5.74) is 3.54. The van der Waals surface area contributed by atoms with Crippen molar-refractivity contribution in [2.45, 2.75) is 13.0 Å². The summed E-state index contributed by atoms with van der Waals surface area (Å²) in [7, 11) is 0. The molecule has 1 aliphatic carbocycles. The first-order valence-corrected chi connectivity index (χ1v) is 8.35. The molecule has 1 aromatic carbocycles. The van der Waals surface area contributed by atoms with Crippen molar-refractivity contribution in [1.29, 1.82) is 0 Å². The van der Waals surface area contributed by atoms with E-state index in [1.807, 2.05) is 30.4 Å². The normalized spacial score (nSPS) is 20.5. The van der Waals surface area contributed by atoms with E-state index in [9.17, 15) is 13.6 Å². The maximum Gasteiger partial charge on any atom is 0.252 e. The highest BCUT2D eigenvalue weighted by molar-refractivity contribution is 6.03. The number of H-pyrrole nitrogens is 1. The van der Waals surface area contributed by atoms with Crippen LogP contribution in [0.2, 0.25) is 0 Å². The molecule has 1 saturated heterocycles. The van der Waals surface area contributed by atoms with E-state index in [1.54, 1.807) is 6.20 Å². The van der Waals surface area contributed by atoms with Gasteiger partial charge in [-0.3, -0.25) is 4.79 Å². The summed E-state index contributed by atoms with van der Waals surface area (Å²) in [6.07, 6.45) is 7.95. The number of nitrogens with one attached hydrogen (secondary N) is 3. The number of allylic oxidation sites excluding steroid dienone is 4. The Morgan fingerprint density at radius 2 is 2.12 bits per heavy atom. The quantitative estimate of drug-likeness (QED) is 0.738. The minimum Gasteiger partial charge on any atom is -0.384 e. The van der Waals surface area contributed by atoms with Gasteiger partial charge < -0.3 is 15.6 Å². The van der Waals surface area contributed by atoms with Crippen LogP contribution in [0, 0.1) is 17.6 Å². The van der Waals surface area contributed by atoms with Crippen LogP contribution in [0.25, 0.3) is 6.08 Å². The zero-order valence-electron chi connectivity index (χ0n) is 13.9. The van der Waals surface area contributed by atoms with E-state index in [0.29, 0.717) is 12.0 Å². The van der Waals surface area contributed by atoms with E-state index < -0.39 is 11.6 Å². The maximum absolute atomic E-state index is 13.8. The molecule has 0 bridgehead atoms. The Hall–Kier alpha value is -3.15. The van der Waals surface area contributed by atoms with Gasteiger partial charge in [-0.25, -0.2) is 8.78 Å². The lowest BCUT2D eigenvalue weighted by Gasteiger charge is -2.20. The second kappa shape index (κ2) is 6.63. The Bertz CT molecular complexity index is 942. The topological polar surface area (TPSA) is 56.9 Å². The van der Waals surface area contributed by atoms with E-state index in [1.165, 1.54) is 6.07 Å². The zero-order valence-corrected chi connectivity index (χ0v) is 13.9. The number of carbonyl (C=O) groups is 1. The molecule has 0 spiro atoms. The van der Waals surface area contributed by atoms with Crippen molar-refractivity contribution in [3.63, 3.8) is 0 Å². The van der Waals surface area contributed by atoms with Crippen LogP contribution in [0.5, 0.6) is 0 Å². The summed E-state index contributed by atoms with van der Waals surface area (Å²) in [6.45, 7) is 0.183. The largest absolute Gasteiger partial charge is 0.384 e. The third-order valence-electron chi connectivity index (χ3n) is 4.61. The Balaban J connectivity index is 1.50. The monoisotopic (exact) mass is 353 g/mol. The summed E-state index contributed by atoms with van der Waals surface area (Å²) in [5.74, 6) is -1.10. The maximum atomic E-state index is 13.8. The molecule has 3 N–H and O–H groups in total. The summed E-state index contributed by atoms with van der Waals surface area (Å²) >= 11 is 0. The van der Waals surface area contributed by atoms with Crippen LogP contribution in [0.1, 0.15) is 17.7 Å². The number of amides is 1. The number of halogens is 2. The molecular formula is C20H17F2N3O. The summed E-state index contributed by atoms with van der Waals surface area (Å²) < 4.78 is 27.0. The minimum absolute atomic E-state index is 0.0735. The number of aromatic amines is 1. The van der Waals surface area contributed by atoms with Gasteiger partial charge in [-0.2, -0.15) is 0 Å². The van der Waals surface area contributed by atoms with Crippen molar-refractivity contribution in [1.82, 2.24) is 15.6 Å². The molecule has 2 aromatic rings. The third-order valence-corrected chi connectivity index (χ3v) is 4.61. The van der Waals surface area contributed by atoms with Gasteiger partial charge in [0.2, 0.25) is 0 Å².